The number of rotatable bonds is 6. The van der Waals surface area contributed by atoms with Crippen molar-refractivity contribution < 1.29 is 0 Å². The van der Waals surface area contributed by atoms with Crippen LogP contribution in [0.4, 0.5) is 0 Å². The number of hydrogen-bond donors (Lipinski definition) is 2. The van der Waals surface area contributed by atoms with Gasteiger partial charge in [0.2, 0.25) is 0 Å². The normalized spacial score (nSPS) is 20.5. The molecular weight excluding hydrogens is 264 g/mol. The van der Waals surface area contributed by atoms with Crippen LogP contribution in [-0.4, -0.2) is 60.9 Å². The Morgan fingerprint density at radius 3 is 3.05 bits per heavy atom. The lowest BCUT2D eigenvalue weighted by Crippen LogP contribution is -2.43. The molecule has 21 heavy (non-hydrogen) atoms. The third-order valence-electron chi connectivity index (χ3n) is 3.92. The summed E-state index contributed by atoms with van der Waals surface area (Å²) in [5.41, 5.74) is 0. The van der Waals surface area contributed by atoms with Gasteiger partial charge in [0.15, 0.2) is 5.96 Å². The standard InChI is InChI=1S/C15H28N6/c1-16-15(17-7-4-10-21-11-5-8-19-21)18-12-14-6-3-9-20(2)13-14/h5,8,11,14H,3-4,6-7,9-10,12-13H2,1-2H3,(H2,16,17,18). The lowest BCUT2D eigenvalue weighted by Gasteiger charge is -2.30. The van der Waals surface area contributed by atoms with E-state index in [0.717, 1.165) is 37.9 Å². The molecule has 1 aliphatic heterocycles. The second kappa shape index (κ2) is 8.67. The minimum Gasteiger partial charge on any atom is -0.356 e. The van der Waals surface area contributed by atoms with Crippen molar-refractivity contribution in [3.8, 4) is 0 Å². The largest absolute Gasteiger partial charge is 0.356 e. The lowest BCUT2D eigenvalue weighted by atomic mass is 9.99. The zero-order valence-electron chi connectivity index (χ0n) is 13.3. The molecule has 2 N–H and O–H groups in total. The highest BCUT2D eigenvalue weighted by atomic mass is 15.3. The molecular formula is C15H28N6. The number of hydrogen-bond acceptors (Lipinski definition) is 3. The maximum Gasteiger partial charge on any atom is 0.190 e. The van der Waals surface area contributed by atoms with Crippen molar-refractivity contribution in [3.05, 3.63) is 18.5 Å². The molecule has 2 rings (SSSR count). The summed E-state index contributed by atoms with van der Waals surface area (Å²) >= 11 is 0. The summed E-state index contributed by atoms with van der Waals surface area (Å²) in [4.78, 5) is 6.70. The van der Waals surface area contributed by atoms with E-state index in [1.54, 1.807) is 0 Å². The number of nitrogens with zero attached hydrogens (tertiary/aromatic N) is 4. The predicted octanol–water partition coefficient (Wildman–Crippen LogP) is 0.780. The molecule has 6 nitrogen and oxygen atoms in total. The predicted molar refractivity (Wildman–Crippen MR) is 86.4 cm³/mol. The number of guanidine groups is 1. The van der Waals surface area contributed by atoms with Crippen molar-refractivity contribution in [2.75, 3.05) is 40.3 Å². The number of likely N-dealkylation sites (tertiary alicyclic amines) is 1. The summed E-state index contributed by atoms with van der Waals surface area (Å²) in [6, 6.07) is 1.95. The third-order valence-corrected chi connectivity index (χ3v) is 3.92. The molecule has 0 saturated carbocycles. The van der Waals surface area contributed by atoms with E-state index in [1.807, 2.05) is 30.2 Å². The smallest absolute Gasteiger partial charge is 0.190 e. The van der Waals surface area contributed by atoms with Crippen LogP contribution in [0.15, 0.2) is 23.5 Å². The Kier molecular flexibility index (Phi) is 6.53. The van der Waals surface area contributed by atoms with Crippen LogP contribution in [0.5, 0.6) is 0 Å². The average molecular weight is 292 g/mol. The van der Waals surface area contributed by atoms with Crippen LogP contribution in [0.2, 0.25) is 0 Å². The van der Waals surface area contributed by atoms with Crippen molar-refractivity contribution >= 4 is 5.96 Å². The highest BCUT2D eigenvalue weighted by molar-refractivity contribution is 5.79. The highest BCUT2D eigenvalue weighted by Crippen LogP contribution is 2.13. The number of aromatic nitrogens is 2. The van der Waals surface area contributed by atoms with Crippen molar-refractivity contribution in [2.45, 2.75) is 25.8 Å². The van der Waals surface area contributed by atoms with E-state index in [9.17, 15) is 0 Å². The molecule has 1 saturated heterocycles. The summed E-state index contributed by atoms with van der Waals surface area (Å²) in [5.74, 6) is 1.63. The molecule has 1 unspecified atom stereocenters. The van der Waals surface area contributed by atoms with E-state index in [0.29, 0.717) is 0 Å². The molecule has 1 aromatic rings. The number of aliphatic imine (C=N–C) groups is 1. The van der Waals surface area contributed by atoms with Crippen LogP contribution in [-0.2, 0) is 6.54 Å². The van der Waals surface area contributed by atoms with Gasteiger partial charge < -0.3 is 15.5 Å². The zero-order chi connectivity index (χ0) is 14.9. The number of piperidine rings is 1. The van der Waals surface area contributed by atoms with Crippen molar-refractivity contribution in [1.29, 1.82) is 0 Å². The first kappa shape index (κ1) is 15.8. The monoisotopic (exact) mass is 292 g/mol. The van der Waals surface area contributed by atoms with Gasteiger partial charge in [0.1, 0.15) is 0 Å². The van der Waals surface area contributed by atoms with Gasteiger partial charge in [0.25, 0.3) is 0 Å². The summed E-state index contributed by atoms with van der Waals surface area (Å²) in [6.45, 7) is 5.26. The topological polar surface area (TPSA) is 57.5 Å². The Morgan fingerprint density at radius 2 is 2.33 bits per heavy atom. The summed E-state index contributed by atoms with van der Waals surface area (Å²) in [7, 11) is 4.03. The van der Waals surface area contributed by atoms with Gasteiger partial charge in [-0.05, 0) is 44.8 Å². The Hall–Kier alpha value is -1.56. The molecule has 0 aliphatic carbocycles. The zero-order valence-corrected chi connectivity index (χ0v) is 13.3. The second-order valence-corrected chi connectivity index (χ2v) is 5.77. The van der Waals surface area contributed by atoms with Crippen LogP contribution in [0.25, 0.3) is 0 Å². The van der Waals surface area contributed by atoms with Crippen LogP contribution in [0.1, 0.15) is 19.3 Å². The van der Waals surface area contributed by atoms with Crippen LogP contribution < -0.4 is 10.6 Å². The molecule has 1 fully saturated rings. The van der Waals surface area contributed by atoms with Gasteiger partial charge in [0.05, 0.1) is 0 Å². The van der Waals surface area contributed by atoms with Gasteiger partial charge in [-0.3, -0.25) is 9.67 Å². The fourth-order valence-corrected chi connectivity index (χ4v) is 2.78. The van der Waals surface area contributed by atoms with E-state index < -0.39 is 0 Å². The van der Waals surface area contributed by atoms with Crippen molar-refractivity contribution in [2.24, 2.45) is 10.9 Å². The lowest BCUT2D eigenvalue weighted by molar-refractivity contribution is 0.210. The first-order valence-electron chi connectivity index (χ1n) is 7.88. The molecule has 1 atom stereocenters. The summed E-state index contributed by atoms with van der Waals surface area (Å²) < 4.78 is 1.95. The Balaban J connectivity index is 1.59. The minimum atomic E-state index is 0.728. The number of nitrogens with one attached hydrogen (secondary N) is 2. The molecule has 1 aromatic heterocycles. The van der Waals surface area contributed by atoms with Gasteiger partial charge in [-0.2, -0.15) is 5.10 Å². The Bertz CT molecular complexity index is 414. The molecule has 0 bridgehead atoms. The summed E-state index contributed by atoms with van der Waals surface area (Å²) in [6.07, 6.45) is 7.46. The van der Waals surface area contributed by atoms with Crippen LogP contribution >= 0.6 is 0 Å². The van der Waals surface area contributed by atoms with Gasteiger partial charge in [0, 0.05) is 45.6 Å². The van der Waals surface area contributed by atoms with Crippen LogP contribution in [0.3, 0.4) is 0 Å². The van der Waals surface area contributed by atoms with E-state index >= 15 is 0 Å². The maximum atomic E-state index is 4.28. The molecule has 1 aliphatic rings. The third kappa shape index (κ3) is 5.75. The van der Waals surface area contributed by atoms with E-state index in [1.165, 1.54) is 25.9 Å². The molecule has 6 heteroatoms. The molecule has 0 amide bonds. The molecule has 0 spiro atoms. The van der Waals surface area contributed by atoms with Crippen molar-refractivity contribution in [3.63, 3.8) is 0 Å². The Labute approximate surface area is 127 Å². The second-order valence-electron chi connectivity index (χ2n) is 5.77. The first-order valence-corrected chi connectivity index (χ1v) is 7.88. The van der Waals surface area contributed by atoms with Crippen molar-refractivity contribution in [1.82, 2.24) is 25.3 Å². The van der Waals surface area contributed by atoms with E-state index in [4.69, 9.17) is 0 Å². The van der Waals surface area contributed by atoms with Gasteiger partial charge in [-0.15, -0.1) is 0 Å². The summed E-state index contributed by atoms with van der Waals surface area (Å²) in [5, 5.41) is 11.0. The quantitative estimate of drug-likeness (QED) is 0.462. The molecule has 2 heterocycles. The van der Waals surface area contributed by atoms with E-state index in [2.05, 4.69) is 32.7 Å². The molecule has 118 valence electrons. The highest BCUT2D eigenvalue weighted by Gasteiger charge is 2.16. The van der Waals surface area contributed by atoms with Gasteiger partial charge in [-0.1, -0.05) is 0 Å². The minimum absolute atomic E-state index is 0.728. The molecule has 0 aromatic carbocycles. The fraction of sp³-hybridized carbons (Fsp3) is 0.733. The average Bonchev–Trinajstić information content (AvgIpc) is 3.00. The van der Waals surface area contributed by atoms with E-state index in [-0.39, 0.29) is 0 Å². The SMILES string of the molecule is CN=C(NCCCn1cccn1)NCC1CCCN(C)C1. The Morgan fingerprint density at radius 1 is 1.43 bits per heavy atom. The van der Waals surface area contributed by atoms with Gasteiger partial charge in [-0.25, -0.2) is 0 Å². The maximum absolute atomic E-state index is 4.28. The van der Waals surface area contributed by atoms with Crippen LogP contribution in [0, 0.1) is 5.92 Å². The number of aryl methyl sites for hydroxylation is 1. The first-order chi connectivity index (χ1) is 10.3. The molecule has 0 radical (unpaired) electrons. The fourth-order valence-electron chi connectivity index (χ4n) is 2.78. The van der Waals surface area contributed by atoms with Gasteiger partial charge >= 0.3 is 0 Å².